The van der Waals surface area contributed by atoms with Crippen LogP contribution in [0.5, 0.6) is 5.75 Å². The lowest BCUT2D eigenvalue weighted by Gasteiger charge is -2.46. The Morgan fingerprint density at radius 2 is 1.96 bits per heavy atom. The maximum absolute atomic E-state index is 13.5. The SMILES string of the molecule is C=C[C@@]1(C)CC(=O)[C@@H]2O[C@@]3(Oc4cccc(C)c4C(=O)[C@H]31)OC2(C)C. The van der Waals surface area contributed by atoms with Crippen molar-refractivity contribution in [2.75, 3.05) is 0 Å². The number of allylic oxidation sites excluding steroid dienone is 1. The molecule has 1 spiro atoms. The number of Topliss-reactive ketones (excluding diaryl/α,β-unsaturated/α-hetero) is 2. The van der Waals surface area contributed by atoms with E-state index in [-0.39, 0.29) is 18.0 Å². The highest BCUT2D eigenvalue weighted by Crippen LogP contribution is 2.57. The van der Waals surface area contributed by atoms with Crippen molar-refractivity contribution in [1.82, 2.24) is 0 Å². The normalized spacial score (nSPS) is 38.4. The van der Waals surface area contributed by atoms with Crippen molar-refractivity contribution in [3.8, 4) is 5.75 Å². The van der Waals surface area contributed by atoms with Crippen LogP contribution in [0.1, 0.15) is 43.1 Å². The molecule has 0 radical (unpaired) electrons. The van der Waals surface area contributed by atoms with Crippen LogP contribution in [0, 0.1) is 18.3 Å². The first-order chi connectivity index (χ1) is 11.6. The van der Waals surface area contributed by atoms with Crippen LogP contribution in [-0.2, 0) is 14.3 Å². The van der Waals surface area contributed by atoms with E-state index >= 15 is 0 Å². The number of fused-ring (bicyclic) bond motifs is 2. The summed E-state index contributed by atoms with van der Waals surface area (Å²) in [7, 11) is 0. The molecule has 5 heteroatoms. The lowest BCUT2D eigenvalue weighted by atomic mass is 9.67. The molecule has 0 aliphatic carbocycles. The number of hydrogen-bond donors (Lipinski definition) is 0. The Balaban J connectivity index is 1.98. The molecule has 0 aromatic heterocycles. The van der Waals surface area contributed by atoms with Crippen LogP contribution in [0.15, 0.2) is 30.9 Å². The Morgan fingerprint density at radius 3 is 2.64 bits per heavy atom. The molecule has 0 N–H and O–H groups in total. The van der Waals surface area contributed by atoms with Gasteiger partial charge in [0.15, 0.2) is 17.7 Å². The molecule has 2 bridgehead atoms. The van der Waals surface area contributed by atoms with Crippen LogP contribution in [0.25, 0.3) is 0 Å². The number of ketones is 2. The van der Waals surface area contributed by atoms with Gasteiger partial charge in [-0.3, -0.25) is 9.59 Å². The van der Waals surface area contributed by atoms with Gasteiger partial charge in [-0.1, -0.05) is 25.1 Å². The van der Waals surface area contributed by atoms with E-state index in [2.05, 4.69) is 6.58 Å². The molecule has 0 amide bonds. The zero-order valence-corrected chi connectivity index (χ0v) is 14.9. The lowest BCUT2D eigenvalue weighted by molar-refractivity contribution is -0.334. The summed E-state index contributed by atoms with van der Waals surface area (Å²) in [6, 6.07) is 5.43. The summed E-state index contributed by atoms with van der Waals surface area (Å²) in [6.45, 7) is 11.2. The van der Waals surface area contributed by atoms with Crippen molar-refractivity contribution >= 4 is 11.6 Å². The largest absolute Gasteiger partial charge is 0.438 e. The standard InChI is InChI=1S/C20H22O5/c1-6-19(5)10-12(21)17-18(3,4)25-20(24-17)16(19)15(22)14-11(2)8-7-9-13(14)23-20/h6-9,16-17H,1,10H2,2-5H3/t16-,17-,19-,20+/m0/s1. The third-order valence-corrected chi connectivity index (χ3v) is 5.64. The summed E-state index contributed by atoms with van der Waals surface area (Å²) in [5.41, 5.74) is -0.346. The highest BCUT2D eigenvalue weighted by atomic mass is 16.9. The van der Waals surface area contributed by atoms with E-state index in [9.17, 15) is 9.59 Å². The van der Waals surface area contributed by atoms with Crippen LogP contribution in [0.4, 0.5) is 0 Å². The van der Waals surface area contributed by atoms with Gasteiger partial charge < -0.3 is 14.2 Å². The third kappa shape index (κ3) is 2.02. The summed E-state index contributed by atoms with van der Waals surface area (Å²) in [5, 5.41) is 0. The van der Waals surface area contributed by atoms with Crippen LogP contribution in [-0.4, -0.2) is 29.2 Å². The number of benzene rings is 1. The van der Waals surface area contributed by atoms with Crippen molar-refractivity contribution in [3.05, 3.63) is 42.0 Å². The van der Waals surface area contributed by atoms with Crippen molar-refractivity contribution in [1.29, 1.82) is 0 Å². The van der Waals surface area contributed by atoms with E-state index in [1.165, 1.54) is 0 Å². The van der Waals surface area contributed by atoms with Gasteiger partial charge in [0.2, 0.25) is 0 Å². The molecule has 3 aliphatic rings. The fourth-order valence-corrected chi connectivity index (χ4v) is 4.40. The highest BCUT2D eigenvalue weighted by molar-refractivity contribution is 6.04. The summed E-state index contributed by atoms with van der Waals surface area (Å²) in [5.74, 6) is -2.22. The molecule has 0 saturated carbocycles. The first kappa shape index (κ1) is 16.5. The van der Waals surface area contributed by atoms with Gasteiger partial charge in [-0.15, -0.1) is 6.58 Å². The summed E-state index contributed by atoms with van der Waals surface area (Å²) < 4.78 is 18.3. The maximum Gasteiger partial charge on any atom is 0.339 e. The second kappa shape index (κ2) is 4.80. The molecule has 1 aromatic carbocycles. The molecule has 3 heterocycles. The van der Waals surface area contributed by atoms with E-state index in [4.69, 9.17) is 14.2 Å². The van der Waals surface area contributed by atoms with E-state index in [0.717, 1.165) is 5.56 Å². The minimum absolute atomic E-state index is 0.101. The fraction of sp³-hybridized carbons (Fsp3) is 0.500. The molecule has 25 heavy (non-hydrogen) atoms. The number of aryl methyl sites for hydroxylation is 1. The molecule has 0 unspecified atom stereocenters. The zero-order valence-electron chi connectivity index (χ0n) is 14.9. The lowest BCUT2D eigenvalue weighted by Crippen LogP contribution is -2.58. The predicted molar refractivity (Wildman–Crippen MR) is 90.3 cm³/mol. The molecule has 4 rings (SSSR count). The molecule has 4 atom stereocenters. The molecule has 2 fully saturated rings. The van der Waals surface area contributed by atoms with Gasteiger partial charge in [0, 0.05) is 11.8 Å². The van der Waals surface area contributed by atoms with Crippen molar-refractivity contribution in [2.24, 2.45) is 11.3 Å². The smallest absolute Gasteiger partial charge is 0.339 e. The summed E-state index contributed by atoms with van der Waals surface area (Å²) in [6.07, 6.45) is 1.04. The van der Waals surface area contributed by atoms with Gasteiger partial charge >= 0.3 is 5.97 Å². The van der Waals surface area contributed by atoms with Gasteiger partial charge in [0.05, 0.1) is 5.56 Å². The molecular formula is C20H22O5. The second-order valence-corrected chi connectivity index (χ2v) is 8.01. The Kier molecular flexibility index (Phi) is 3.17. The van der Waals surface area contributed by atoms with Crippen LogP contribution in [0.2, 0.25) is 0 Å². The molecule has 132 valence electrons. The number of carbonyl (C=O) groups is 2. The topological polar surface area (TPSA) is 61.8 Å². The van der Waals surface area contributed by atoms with Gasteiger partial charge in [-0.2, -0.15) is 0 Å². The molecular weight excluding hydrogens is 320 g/mol. The number of carbonyl (C=O) groups excluding carboxylic acids is 2. The quantitative estimate of drug-likeness (QED) is 0.734. The zero-order chi connectivity index (χ0) is 18.2. The highest BCUT2D eigenvalue weighted by Gasteiger charge is 2.70. The van der Waals surface area contributed by atoms with E-state index in [1.54, 1.807) is 26.0 Å². The van der Waals surface area contributed by atoms with E-state index in [0.29, 0.717) is 11.3 Å². The number of hydrogen-bond acceptors (Lipinski definition) is 5. The maximum atomic E-state index is 13.5. The third-order valence-electron chi connectivity index (χ3n) is 5.64. The van der Waals surface area contributed by atoms with Gasteiger partial charge in [-0.05, 0) is 32.4 Å². The molecule has 5 nitrogen and oxygen atoms in total. The molecule has 1 aromatic rings. The average molecular weight is 342 g/mol. The second-order valence-electron chi connectivity index (χ2n) is 8.01. The Bertz CT molecular complexity index is 810. The Hall–Kier alpha value is -1.98. The first-order valence-electron chi connectivity index (χ1n) is 8.51. The molecule has 2 saturated heterocycles. The number of rotatable bonds is 1. The van der Waals surface area contributed by atoms with Gasteiger partial charge in [0.25, 0.3) is 0 Å². The van der Waals surface area contributed by atoms with Crippen molar-refractivity contribution < 1.29 is 23.8 Å². The fourth-order valence-electron chi connectivity index (χ4n) is 4.40. The van der Waals surface area contributed by atoms with Crippen molar-refractivity contribution in [2.45, 2.75) is 51.8 Å². The molecule has 3 aliphatic heterocycles. The summed E-state index contributed by atoms with van der Waals surface area (Å²) >= 11 is 0. The van der Waals surface area contributed by atoms with Crippen LogP contribution in [0.3, 0.4) is 0 Å². The van der Waals surface area contributed by atoms with Gasteiger partial charge in [0.1, 0.15) is 17.3 Å². The Morgan fingerprint density at radius 1 is 1.24 bits per heavy atom. The van der Waals surface area contributed by atoms with Crippen LogP contribution < -0.4 is 4.74 Å². The minimum Gasteiger partial charge on any atom is -0.438 e. The Labute approximate surface area is 146 Å². The van der Waals surface area contributed by atoms with Crippen LogP contribution >= 0.6 is 0 Å². The summed E-state index contributed by atoms with van der Waals surface area (Å²) in [4.78, 5) is 26.3. The van der Waals surface area contributed by atoms with Gasteiger partial charge in [-0.25, -0.2) is 0 Å². The minimum atomic E-state index is -1.61. The predicted octanol–water partition coefficient (Wildman–Crippen LogP) is 3.20. The average Bonchev–Trinajstić information content (AvgIpc) is 2.71. The van der Waals surface area contributed by atoms with E-state index in [1.807, 2.05) is 26.0 Å². The van der Waals surface area contributed by atoms with E-state index < -0.39 is 29.0 Å². The monoisotopic (exact) mass is 342 g/mol. The van der Waals surface area contributed by atoms with Crippen molar-refractivity contribution in [3.63, 3.8) is 0 Å². The number of ether oxygens (including phenoxy) is 3. The first-order valence-corrected chi connectivity index (χ1v) is 8.51.